The van der Waals surface area contributed by atoms with E-state index in [0.717, 1.165) is 44.9 Å². The summed E-state index contributed by atoms with van der Waals surface area (Å²) in [5, 5.41) is 65.2. The van der Waals surface area contributed by atoms with Gasteiger partial charge in [-0.3, -0.25) is 4.79 Å². The molecule has 1 heterocycles. The van der Waals surface area contributed by atoms with Crippen LogP contribution in [-0.4, -0.2) is 98.7 Å². The van der Waals surface area contributed by atoms with E-state index in [4.69, 9.17) is 9.47 Å². The van der Waals surface area contributed by atoms with E-state index in [0.29, 0.717) is 12.8 Å². The second-order valence-electron chi connectivity index (χ2n) is 22.0. The van der Waals surface area contributed by atoms with Crippen molar-refractivity contribution in [2.45, 2.75) is 358 Å². The summed E-state index contributed by atoms with van der Waals surface area (Å²) in [5.74, 6) is -0.578. The average molecular weight is 1010 g/mol. The molecule has 1 saturated heterocycles. The van der Waals surface area contributed by atoms with E-state index >= 15 is 0 Å². The van der Waals surface area contributed by atoms with Crippen molar-refractivity contribution in [2.24, 2.45) is 0 Å². The third-order valence-corrected chi connectivity index (χ3v) is 15.2. The first-order chi connectivity index (χ1) is 34.8. The van der Waals surface area contributed by atoms with Crippen molar-refractivity contribution < 1.29 is 44.9 Å². The zero-order chi connectivity index (χ0) is 51.7. The van der Waals surface area contributed by atoms with Gasteiger partial charge in [-0.2, -0.15) is 0 Å². The Morgan fingerprint density at radius 2 is 0.789 bits per heavy atom. The molecule has 1 amide bonds. The van der Waals surface area contributed by atoms with Crippen molar-refractivity contribution >= 4 is 5.91 Å². The van der Waals surface area contributed by atoms with E-state index < -0.39 is 61.5 Å². The van der Waals surface area contributed by atoms with Gasteiger partial charge in [-0.05, 0) is 38.5 Å². The van der Waals surface area contributed by atoms with Crippen molar-refractivity contribution in [2.75, 3.05) is 13.2 Å². The van der Waals surface area contributed by atoms with Crippen molar-refractivity contribution in [1.82, 2.24) is 5.32 Å². The van der Waals surface area contributed by atoms with Gasteiger partial charge in [0.15, 0.2) is 6.29 Å². The molecule has 10 nitrogen and oxygen atoms in total. The highest BCUT2D eigenvalue weighted by Crippen LogP contribution is 2.24. The van der Waals surface area contributed by atoms with E-state index in [2.05, 4.69) is 31.3 Å². The van der Waals surface area contributed by atoms with Crippen LogP contribution >= 0.6 is 0 Å². The first kappa shape index (κ1) is 67.9. The van der Waals surface area contributed by atoms with Gasteiger partial charge in [0.05, 0.1) is 25.4 Å². The Kier molecular flexibility index (Phi) is 48.8. The van der Waals surface area contributed by atoms with E-state index in [1.807, 2.05) is 0 Å². The number of hydrogen-bond donors (Lipinski definition) is 7. The van der Waals surface area contributed by atoms with Gasteiger partial charge in [0.1, 0.15) is 30.5 Å². The number of amides is 1. The molecule has 1 fully saturated rings. The average Bonchev–Trinajstić information content (AvgIpc) is 3.37. The number of unbranched alkanes of at least 4 members (excludes halogenated alkanes) is 41. The Hall–Kier alpha value is -1.11. The molecule has 0 aliphatic carbocycles. The van der Waals surface area contributed by atoms with Crippen LogP contribution in [0.4, 0.5) is 0 Å². The molecule has 1 rings (SSSR count). The number of ether oxygens (including phenoxy) is 2. The monoisotopic (exact) mass is 1010 g/mol. The molecule has 71 heavy (non-hydrogen) atoms. The molecule has 0 aromatic rings. The van der Waals surface area contributed by atoms with Crippen LogP contribution in [0.25, 0.3) is 0 Å². The van der Waals surface area contributed by atoms with Crippen LogP contribution in [0.3, 0.4) is 0 Å². The predicted octanol–water partition coefficient (Wildman–Crippen LogP) is 14.6. The van der Waals surface area contributed by atoms with Crippen LogP contribution in [0.1, 0.15) is 309 Å². The molecule has 0 aromatic heterocycles. The Balaban J connectivity index is 2.13. The number of carbonyl (C=O) groups excluding carboxylic acids is 1. The van der Waals surface area contributed by atoms with Crippen LogP contribution in [0.15, 0.2) is 12.2 Å². The second-order valence-corrected chi connectivity index (χ2v) is 22.0. The van der Waals surface area contributed by atoms with E-state index in [9.17, 15) is 35.4 Å². The highest BCUT2D eigenvalue weighted by Gasteiger charge is 2.44. The Bertz CT molecular complexity index is 1140. The predicted molar refractivity (Wildman–Crippen MR) is 297 cm³/mol. The number of nitrogens with one attached hydrogen (secondary N) is 1. The SMILES string of the molecule is CCCCCCCCCCCCCC/C=C\CCCCCCCCCCCCCCCCCCC(O)C(=O)NC(COC1OC(CO)C(O)C(O)C1O)C(O)CCCCCCCCCCCCCCCC. The number of rotatable bonds is 54. The van der Waals surface area contributed by atoms with Gasteiger partial charge >= 0.3 is 0 Å². The third-order valence-electron chi connectivity index (χ3n) is 15.2. The molecule has 0 saturated carbocycles. The molecule has 0 radical (unpaired) electrons. The fourth-order valence-corrected chi connectivity index (χ4v) is 10.2. The molecular formula is C61H119NO9. The van der Waals surface area contributed by atoms with Crippen molar-refractivity contribution in [3.05, 3.63) is 12.2 Å². The zero-order valence-electron chi connectivity index (χ0n) is 46.6. The van der Waals surface area contributed by atoms with Crippen LogP contribution in [0.5, 0.6) is 0 Å². The standard InChI is InChI=1S/C61H119NO9/c1-3-5-7-9-11-13-15-17-19-20-21-22-23-24-25-26-27-28-29-30-31-32-33-34-35-36-38-40-42-44-46-48-50-55(65)60(69)62-53(52-70-61-59(68)58(67)57(66)56(51-63)71-61)54(64)49-47-45-43-41-39-37-18-16-14-12-10-8-6-4-2/h24-25,53-59,61,63-68H,3-23,26-52H2,1-2H3,(H,62,69)/b25-24-. The van der Waals surface area contributed by atoms with Crippen LogP contribution < -0.4 is 5.32 Å². The maximum Gasteiger partial charge on any atom is 0.249 e. The minimum absolute atomic E-state index is 0.251. The lowest BCUT2D eigenvalue weighted by Gasteiger charge is -2.40. The topological polar surface area (TPSA) is 169 Å². The fraction of sp³-hybridized carbons (Fsp3) is 0.951. The summed E-state index contributed by atoms with van der Waals surface area (Å²) in [6.45, 7) is 3.71. The zero-order valence-corrected chi connectivity index (χ0v) is 46.6. The Morgan fingerprint density at radius 1 is 0.465 bits per heavy atom. The van der Waals surface area contributed by atoms with Crippen LogP contribution in [0, 0.1) is 0 Å². The van der Waals surface area contributed by atoms with Gasteiger partial charge in [-0.15, -0.1) is 0 Å². The van der Waals surface area contributed by atoms with Gasteiger partial charge in [0.25, 0.3) is 0 Å². The molecule has 1 aliphatic heterocycles. The number of allylic oxidation sites excluding steroid dienone is 2. The number of carbonyl (C=O) groups is 1. The minimum atomic E-state index is -1.59. The molecule has 10 heteroatoms. The summed E-state index contributed by atoms with van der Waals surface area (Å²) >= 11 is 0. The summed E-state index contributed by atoms with van der Waals surface area (Å²) in [5.41, 5.74) is 0. The maximum absolute atomic E-state index is 13.2. The number of aliphatic hydroxyl groups excluding tert-OH is 6. The summed E-state index contributed by atoms with van der Waals surface area (Å²) < 4.78 is 11.2. The van der Waals surface area contributed by atoms with E-state index in [1.165, 1.54) is 238 Å². The van der Waals surface area contributed by atoms with Gasteiger partial charge < -0.3 is 45.4 Å². The van der Waals surface area contributed by atoms with Gasteiger partial charge in [-0.25, -0.2) is 0 Å². The normalized spacial score (nSPS) is 19.7. The smallest absolute Gasteiger partial charge is 0.249 e. The van der Waals surface area contributed by atoms with Crippen molar-refractivity contribution in [3.8, 4) is 0 Å². The molecule has 1 aliphatic rings. The molecular weight excluding hydrogens is 891 g/mol. The maximum atomic E-state index is 13.2. The summed E-state index contributed by atoms with van der Waals surface area (Å²) in [7, 11) is 0. The highest BCUT2D eigenvalue weighted by atomic mass is 16.7. The minimum Gasteiger partial charge on any atom is -0.394 e. The second kappa shape index (κ2) is 51.0. The van der Waals surface area contributed by atoms with Crippen molar-refractivity contribution in [1.29, 1.82) is 0 Å². The molecule has 422 valence electrons. The summed E-state index contributed by atoms with van der Waals surface area (Å²) in [6.07, 6.45) is 53.0. The van der Waals surface area contributed by atoms with Crippen molar-refractivity contribution in [3.63, 3.8) is 0 Å². The first-order valence-electron chi connectivity index (χ1n) is 31.0. The lowest BCUT2D eigenvalue weighted by Crippen LogP contribution is -2.60. The van der Waals surface area contributed by atoms with Gasteiger partial charge in [0.2, 0.25) is 5.91 Å². The summed E-state index contributed by atoms with van der Waals surface area (Å²) in [4.78, 5) is 13.2. The molecule has 7 N–H and O–H groups in total. The van der Waals surface area contributed by atoms with Gasteiger partial charge in [-0.1, -0.05) is 283 Å². The molecule has 8 unspecified atom stereocenters. The molecule has 0 spiro atoms. The highest BCUT2D eigenvalue weighted by molar-refractivity contribution is 5.80. The lowest BCUT2D eigenvalue weighted by atomic mass is 9.99. The first-order valence-corrected chi connectivity index (χ1v) is 31.0. The molecule has 0 aromatic carbocycles. The fourth-order valence-electron chi connectivity index (χ4n) is 10.2. The quantitative estimate of drug-likeness (QED) is 0.0232. The summed E-state index contributed by atoms with van der Waals surface area (Å²) in [6, 6.07) is -0.891. The van der Waals surface area contributed by atoms with Gasteiger partial charge in [0, 0.05) is 0 Å². The number of hydrogen-bond acceptors (Lipinski definition) is 9. The van der Waals surface area contributed by atoms with E-state index in [-0.39, 0.29) is 6.61 Å². The molecule has 0 bridgehead atoms. The third kappa shape index (κ3) is 39.9. The molecule has 8 atom stereocenters. The largest absolute Gasteiger partial charge is 0.394 e. The van der Waals surface area contributed by atoms with E-state index in [1.54, 1.807) is 0 Å². The Morgan fingerprint density at radius 3 is 1.14 bits per heavy atom. The lowest BCUT2D eigenvalue weighted by molar-refractivity contribution is -0.302. The number of aliphatic hydroxyl groups is 6. The van der Waals surface area contributed by atoms with Crippen LogP contribution in [-0.2, 0) is 14.3 Å². The van der Waals surface area contributed by atoms with Crippen LogP contribution in [0.2, 0.25) is 0 Å². The Labute approximate surface area is 438 Å².